The van der Waals surface area contributed by atoms with Crippen LogP contribution in [0.2, 0.25) is 0 Å². The number of carbonyl (C=O) groups excluding carboxylic acids is 1. The molecule has 0 saturated carbocycles. The standard InChI is InChI=1S/C14H17BrN4O2/c1-9(16-2)6-12-18-13(21-19-12)8-17-14(20)10-4-3-5-11(15)7-10/h3-5,7,9,16H,6,8H2,1-2H3,(H,17,20). The Labute approximate surface area is 131 Å². The Kier molecular flexibility index (Phi) is 5.46. The normalized spacial score (nSPS) is 12.1. The third-order valence-electron chi connectivity index (χ3n) is 2.98. The van der Waals surface area contributed by atoms with E-state index in [4.69, 9.17) is 4.52 Å². The number of carbonyl (C=O) groups is 1. The molecule has 0 bridgehead atoms. The molecular weight excluding hydrogens is 336 g/mol. The first-order chi connectivity index (χ1) is 10.1. The molecule has 1 amide bonds. The van der Waals surface area contributed by atoms with E-state index in [1.54, 1.807) is 12.1 Å². The summed E-state index contributed by atoms with van der Waals surface area (Å²) in [5.41, 5.74) is 0.577. The number of benzene rings is 1. The summed E-state index contributed by atoms with van der Waals surface area (Å²) >= 11 is 3.33. The summed E-state index contributed by atoms with van der Waals surface area (Å²) in [6.45, 7) is 2.25. The smallest absolute Gasteiger partial charge is 0.251 e. The van der Waals surface area contributed by atoms with Crippen molar-refractivity contribution in [3.8, 4) is 0 Å². The minimum absolute atomic E-state index is 0.181. The zero-order valence-electron chi connectivity index (χ0n) is 11.9. The lowest BCUT2D eigenvalue weighted by Gasteiger charge is -2.04. The molecule has 0 aliphatic heterocycles. The molecule has 0 aliphatic rings. The zero-order valence-corrected chi connectivity index (χ0v) is 13.5. The number of likely N-dealkylation sites (N-methyl/N-ethyl adjacent to an activating group) is 1. The molecule has 112 valence electrons. The van der Waals surface area contributed by atoms with Crippen LogP contribution >= 0.6 is 15.9 Å². The van der Waals surface area contributed by atoms with Crippen LogP contribution in [0.5, 0.6) is 0 Å². The van der Waals surface area contributed by atoms with Crippen LogP contribution in [-0.2, 0) is 13.0 Å². The van der Waals surface area contributed by atoms with Crippen molar-refractivity contribution in [2.75, 3.05) is 7.05 Å². The van der Waals surface area contributed by atoms with E-state index >= 15 is 0 Å². The molecule has 0 spiro atoms. The number of aromatic nitrogens is 2. The third-order valence-corrected chi connectivity index (χ3v) is 3.47. The van der Waals surface area contributed by atoms with Crippen molar-refractivity contribution in [1.29, 1.82) is 0 Å². The summed E-state index contributed by atoms with van der Waals surface area (Å²) in [4.78, 5) is 16.2. The molecule has 1 aromatic carbocycles. The van der Waals surface area contributed by atoms with Gasteiger partial charge in [0.25, 0.3) is 5.91 Å². The van der Waals surface area contributed by atoms with E-state index < -0.39 is 0 Å². The van der Waals surface area contributed by atoms with Crippen molar-refractivity contribution < 1.29 is 9.32 Å². The van der Waals surface area contributed by atoms with Crippen molar-refractivity contribution in [3.05, 3.63) is 46.0 Å². The number of rotatable bonds is 6. The van der Waals surface area contributed by atoms with Gasteiger partial charge in [-0.1, -0.05) is 27.2 Å². The van der Waals surface area contributed by atoms with E-state index in [1.807, 2.05) is 26.1 Å². The molecule has 21 heavy (non-hydrogen) atoms. The van der Waals surface area contributed by atoms with E-state index in [1.165, 1.54) is 0 Å². The summed E-state index contributed by atoms with van der Waals surface area (Å²) in [7, 11) is 1.88. The molecule has 2 N–H and O–H groups in total. The van der Waals surface area contributed by atoms with Crippen LogP contribution in [0.3, 0.4) is 0 Å². The second-order valence-electron chi connectivity index (χ2n) is 4.69. The minimum Gasteiger partial charge on any atom is -0.343 e. The van der Waals surface area contributed by atoms with Crippen LogP contribution in [0.4, 0.5) is 0 Å². The van der Waals surface area contributed by atoms with Gasteiger partial charge in [-0.2, -0.15) is 4.98 Å². The van der Waals surface area contributed by atoms with E-state index in [-0.39, 0.29) is 18.5 Å². The lowest BCUT2D eigenvalue weighted by Crippen LogP contribution is -2.24. The molecule has 1 heterocycles. The summed E-state index contributed by atoms with van der Waals surface area (Å²) in [5, 5.41) is 9.74. The van der Waals surface area contributed by atoms with Crippen LogP contribution in [-0.4, -0.2) is 29.1 Å². The molecule has 1 unspecified atom stereocenters. The Hall–Kier alpha value is -1.73. The zero-order chi connectivity index (χ0) is 15.2. The summed E-state index contributed by atoms with van der Waals surface area (Å²) < 4.78 is 5.96. The van der Waals surface area contributed by atoms with Gasteiger partial charge in [-0.3, -0.25) is 4.79 Å². The predicted molar refractivity (Wildman–Crippen MR) is 81.8 cm³/mol. The van der Waals surface area contributed by atoms with Gasteiger partial charge in [-0.15, -0.1) is 0 Å². The van der Waals surface area contributed by atoms with E-state index in [9.17, 15) is 4.79 Å². The highest BCUT2D eigenvalue weighted by Crippen LogP contribution is 2.11. The topological polar surface area (TPSA) is 80.0 Å². The maximum absolute atomic E-state index is 12.0. The highest BCUT2D eigenvalue weighted by molar-refractivity contribution is 9.10. The molecule has 7 heteroatoms. The molecule has 1 aromatic heterocycles. The van der Waals surface area contributed by atoms with Crippen LogP contribution in [0.15, 0.2) is 33.3 Å². The average Bonchev–Trinajstić information content (AvgIpc) is 2.92. The first kappa shape index (κ1) is 15.7. The first-order valence-electron chi connectivity index (χ1n) is 6.61. The van der Waals surface area contributed by atoms with Crippen molar-refractivity contribution in [2.45, 2.75) is 25.9 Å². The Balaban J connectivity index is 1.90. The second kappa shape index (κ2) is 7.33. The molecular formula is C14H17BrN4O2. The Morgan fingerprint density at radius 1 is 1.48 bits per heavy atom. The predicted octanol–water partition coefficient (Wildman–Crippen LogP) is 1.91. The fraction of sp³-hybridized carbons (Fsp3) is 0.357. The van der Waals surface area contributed by atoms with Gasteiger partial charge in [0.15, 0.2) is 5.82 Å². The lowest BCUT2D eigenvalue weighted by atomic mass is 10.2. The fourth-order valence-corrected chi connectivity index (χ4v) is 2.11. The Morgan fingerprint density at radius 3 is 3.00 bits per heavy atom. The number of nitrogens with one attached hydrogen (secondary N) is 2. The Morgan fingerprint density at radius 2 is 2.29 bits per heavy atom. The molecule has 0 fully saturated rings. The van der Waals surface area contributed by atoms with Crippen molar-refractivity contribution in [1.82, 2.24) is 20.8 Å². The van der Waals surface area contributed by atoms with Crippen LogP contribution in [0.1, 0.15) is 29.0 Å². The molecule has 0 saturated heterocycles. The molecule has 2 aromatic rings. The van der Waals surface area contributed by atoms with E-state index in [0.717, 1.165) is 4.47 Å². The van der Waals surface area contributed by atoms with Gasteiger partial charge in [0.05, 0.1) is 6.54 Å². The molecule has 0 aliphatic carbocycles. The van der Waals surface area contributed by atoms with Crippen LogP contribution < -0.4 is 10.6 Å². The van der Waals surface area contributed by atoms with Crippen molar-refractivity contribution in [3.63, 3.8) is 0 Å². The maximum Gasteiger partial charge on any atom is 0.251 e. The average molecular weight is 353 g/mol. The second-order valence-corrected chi connectivity index (χ2v) is 5.61. The highest BCUT2D eigenvalue weighted by atomic mass is 79.9. The highest BCUT2D eigenvalue weighted by Gasteiger charge is 2.11. The maximum atomic E-state index is 12.0. The van der Waals surface area contributed by atoms with Crippen LogP contribution in [0, 0.1) is 0 Å². The fourth-order valence-electron chi connectivity index (χ4n) is 1.71. The summed E-state index contributed by atoms with van der Waals surface area (Å²) in [5.74, 6) is 0.847. The van der Waals surface area contributed by atoms with Gasteiger partial charge < -0.3 is 15.2 Å². The molecule has 6 nitrogen and oxygen atoms in total. The number of amides is 1. The summed E-state index contributed by atoms with van der Waals surface area (Å²) in [6.07, 6.45) is 0.680. The molecule has 0 radical (unpaired) electrons. The third kappa shape index (κ3) is 4.64. The number of hydrogen-bond donors (Lipinski definition) is 2. The van der Waals surface area contributed by atoms with Gasteiger partial charge in [0, 0.05) is 22.5 Å². The van der Waals surface area contributed by atoms with Crippen molar-refractivity contribution in [2.24, 2.45) is 0 Å². The van der Waals surface area contributed by atoms with Crippen molar-refractivity contribution >= 4 is 21.8 Å². The van der Waals surface area contributed by atoms with Crippen LogP contribution in [0.25, 0.3) is 0 Å². The van der Waals surface area contributed by atoms with E-state index in [2.05, 4.69) is 36.7 Å². The number of nitrogens with zero attached hydrogens (tertiary/aromatic N) is 2. The van der Waals surface area contributed by atoms with E-state index in [0.29, 0.717) is 23.7 Å². The minimum atomic E-state index is -0.181. The SMILES string of the molecule is CNC(C)Cc1noc(CNC(=O)c2cccc(Br)c2)n1. The largest absolute Gasteiger partial charge is 0.343 e. The number of hydrogen-bond acceptors (Lipinski definition) is 5. The van der Waals surface area contributed by atoms with Gasteiger partial charge in [0.1, 0.15) is 0 Å². The van der Waals surface area contributed by atoms with Gasteiger partial charge in [-0.25, -0.2) is 0 Å². The van der Waals surface area contributed by atoms with Gasteiger partial charge >= 0.3 is 0 Å². The molecule has 2 rings (SSSR count). The summed E-state index contributed by atoms with van der Waals surface area (Å²) in [6, 6.07) is 7.44. The number of halogens is 1. The van der Waals surface area contributed by atoms with Gasteiger partial charge in [0.2, 0.25) is 5.89 Å². The Bertz CT molecular complexity index is 615. The lowest BCUT2D eigenvalue weighted by molar-refractivity contribution is 0.0946. The molecule has 1 atom stereocenters. The first-order valence-corrected chi connectivity index (χ1v) is 7.40. The van der Waals surface area contributed by atoms with Gasteiger partial charge in [-0.05, 0) is 32.2 Å². The monoisotopic (exact) mass is 352 g/mol. The quantitative estimate of drug-likeness (QED) is 0.829.